The Morgan fingerprint density at radius 1 is 1.22 bits per heavy atom. The summed E-state index contributed by atoms with van der Waals surface area (Å²) in [6.45, 7) is 4.01. The first kappa shape index (κ1) is 23.4. The van der Waals surface area contributed by atoms with E-state index in [0.717, 1.165) is 17.7 Å². The number of nitrogens with one attached hydrogen (secondary N) is 2. The Balaban J connectivity index is 1.68. The average molecular weight is 471 g/mol. The molecule has 1 aromatic heterocycles. The SMILES string of the molecule is CCCC(=O)Nc1cccc(CNC(=O)c2ccc(Sc3nc(C)cs3)c([N+](=O)[O-])c2)c1. The average Bonchev–Trinajstić information content (AvgIpc) is 3.17. The fraction of sp³-hybridized carbons (Fsp3) is 0.227. The fourth-order valence-electron chi connectivity index (χ4n) is 2.85. The van der Waals surface area contributed by atoms with Crippen LogP contribution in [0.5, 0.6) is 0 Å². The minimum absolute atomic E-state index is 0.0631. The van der Waals surface area contributed by atoms with Crippen molar-refractivity contribution in [1.82, 2.24) is 10.3 Å². The second kappa shape index (κ2) is 10.9. The van der Waals surface area contributed by atoms with Crippen molar-refractivity contribution in [2.75, 3.05) is 5.32 Å². The first-order valence-corrected chi connectivity index (χ1v) is 11.6. The molecule has 0 aliphatic carbocycles. The molecule has 2 N–H and O–H groups in total. The molecule has 0 radical (unpaired) electrons. The molecule has 8 nitrogen and oxygen atoms in total. The molecule has 166 valence electrons. The third-order valence-corrected chi connectivity index (χ3v) is 6.48. The van der Waals surface area contributed by atoms with E-state index in [4.69, 9.17) is 0 Å². The highest BCUT2D eigenvalue weighted by Crippen LogP contribution is 2.36. The third-order valence-electron chi connectivity index (χ3n) is 4.35. The van der Waals surface area contributed by atoms with Crippen LogP contribution >= 0.6 is 23.1 Å². The van der Waals surface area contributed by atoms with Crippen LogP contribution in [0.4, 0.5) is 11.4 Å². The maximum atomic E-state index is 12.6. The molecule has 0 aliphatic heterocycles. The molecule has 0 saturated carbocycles. The molecule has 32 heavy (non-hydrogen) atoms. The number of thiazole rings is 1. The van der Waals surface area contributed by atoms with Gasteiger partial charge >= 0.3 is 0 Å². The molecule has 0 spiro atoms. The predicted molar refractivity (Wildman–Crippen MR) is 125 cm³/mol. The third kappa shape index (κ3) is 6.38. The molecule has 2 amide bonds. The summed E-state index contributed by atoms with van der Waals surface area (Å²) in [6.07, 6.45) is 1.20. The van der Waals surface area contributed by atoms with Crippen molar-refractivity contribution < 1.29 is 14.5 Å². The Bertz CT molecular complexity index is 1150. The van der Waals surface area contributed by atoms with Gasteiger partial charge < -0.3 is 10.6 Å². The quantitative estimate of drug-likeness (QED) is 0.329. The predicted octanol–water partition coefficient (Wildman–Crippen LogP) is 5.18. The number of nitro benzene ring substituents is 1. The highest BCUT2D eigenvalue weighted by atomic mass is 32.2. The lowest BCUT2D eigenvalue weighted by molar-refractivity contribution is -0.387. The number of nitro groups is 1. The van der Waals surface area contributed by atoms with Gasteiger partial charge in [-0.25, -0.2) is 4.98 Å². The highest BCUT2D eigenvalue weighted by molar-refractivity contribution is 8.01. The van der Waals surface area contributed by atoms with Crippen LogP contribution in [0, 0.1) is 17.0 Å². The van der Waals surface area contributed by atoms with Crippen molar-refractivity contribution >= 4 is 46.3 Å². The van der Waals surface area contributed by atoms with Gasteiger partial charge in [-0.2, -0.15) is 0 Å². The van der Waals surface area contributed by atoms with E-state index in [0.29, 0.717) is 21.3 Å². The van der Waals surface area contributed by atoms with Gasteiger partial charge in [0, 0.05) is 41.4 Å². The van der Waals surface area contributed by atoms with Crippen molar-refractivity contribution in [1.29, 1.82) is 0 Å². The van der Waals surface area contributed by atoms with Crippen molar-refractivity contribution in [3.8, 4) is 0 Å². The van der Waals surface area contributed by atoms with Crippen LogP contribution in [0.3, 0.4) is 0 Å². The number of anilines is 1. The lowest BCUT2D eigenvalue weighted by Gasteiger charge is -2.09. The van der Waals surface area contributed by atoms with Crippen LogP contribution in [-0.2, 0) is 11.3 Å². The number of hydrogen-bond acceptors (Lipinski definition) is 7. The Kier molecular flexibility index (Phi) is 7.96. The second-order valence-corrected chi connectivity index (χ2v) is 9.12. The van der Waals surface area contributed by atoms with Crippen LogP contribution in [0.2, 0.25) is 0 Å². The number of carbonyl (C=O) groups excluding carboxylic acids is 2. The molecule has 0 atom stereocenters. The van der Waals surface area contributed by atoms with Gasteiger partial charge in [-0.1, -0.05) is 30.8 Å². The summed E-state index contributed by atoms with van der Waals surface area (Å²) in [6, 6.07) is 11.6. The van der Waals surface area contributed by atoms with Gasteiger partial charge in [-0.05, 0) is 43.2 Å². The number of carbonyl (C=O) groups is 2. The number of rotatable bonds is 9. The molecule has 1 heterocycles. The number of hydrogen-bond donors (Lipinski definition) is 2. The molecule has 0 bridgehead atoms. The monoisotopic (exact) mass is 470 g/mol. The second-order valence-electron chi connectivity index (χ2n) is 6.98. The maximum Gasteiger partial charge on any atom is 0.284 e. The van der Waals surface area contributed by atoms with Crippen molar-refractivity contribution in [3.05, 3.63) is 74.8 Å². The molecule has 2 aromatic carbocycles. The number of nitrogens with zero attached hydrogens (tertiary/aromatic N) is 2. The van der Waals surface area contributed by atoms with E-state index in [1.54, 1.807) is 30.3 Å². The van der Waals surface area contributed by atoms with Crippen molar-refractivity contribution in [2.45, 2.75) is 42.5 Å². The molecular weight excluding hydrogens is 448 g/mol. The normalized spacial score (nSPS) is 10.6. The van der Waals surface area contributed by atoms with Crippen LogP contribution < -0.4 is 10.6 Å². The van der Waals surface area contributed by atoms with E-state index in [2.05, 4.69) is 15.6 Å². The first-order valence-electron chi connectivity index (χ1n) is 9.91. The standard InChI is InChI=1S/C22H22N4O4S2/c1-3-5-20(27)25-17-7-4-6-15(10-17)12-23-21(28)16-8-9-19(18(11-16)26(29)30)32-22-24-14(2)13-31-22/h4,6-11,13H,3,5,12H2,1-2H3,(H,23,28)(H,25,27). The fourth-order valence-corrected chi connectivity index (χ4v) is 4.73. The molecule has 10 heteroatoms. The van der Waals surface area contributed by atoms with Gasteiger partial charge in [-0.15, -0.1) is 11.3 Å². The molecule has 3 aromatic rings. The van der Waals surface area contributed by atoms with Gasteiger partial charge in [0.15, 0.2) is 4.34 Å². The number of aromatic nitrogens is 1. The topological polar surface area (TPSA) is 114 Å². The van der Waals surface area contributed by atoms with E-state index in [-0.39, 0.29) is 23.7 Å². The molecule has 0 fully saturated rings. The lowest BCUT2D eigenvalue weighted by Crippen LogP contribution is -2.23. The molecule has 0 unspecified atom stereocenters. The van der Waals surface area contributed by atoms with Crippen LogP contribution in [0.1, 0.15) is 41.4 Å². The number of benzene rings is 2. The van der Waals surface area contributed by atoms with Gasteiger partial charge in [0.1, 0.15) is 0 Å². The Hall–Kier alpha value is -3.24. The van der Waals surface area contributed by atoms with Gasteiger partial charge in [0.25, 0.3) is 11.6 Å². The van der Waals surface area contributed by atoms with E-state index in [1.807, 2.05) is 25.3 Å². The smallest absolute Gasteiger partial charge is 0.284 e. The molecule has 3 rings (SSSR count). The highest BCUT2D eigenvalue weighted by Gasteiger charge is 2.19. The summed E-state index contributed by atoms with van der Waals surface area (Å²) in [4.78, 5) is 40.2. The van der Waals surface area contributed by atoms with Crippen molar-refractivity contribution in [3.63, 3.8) is 0 Å². The Labute approximate surface area is 193 Å². The zero-order valence-electron chi connectivity index (χ0n) is 17.6. The number of amides is 2. The zero-order chi connectivity index (χ0) is 23.1. The van der Waals surface area contributed by atoms with Gasteiger partial charge in [-0.3, -0.25) is 19.7 Å². The van der Waals surface area contributed by atoms with E-state index in [9.17, 15) is 19.7 Å². The summed E-state index contributed by atoms with van der Waals surface area (Å²) in [5.41, 5.74) is 2.36. The van der Waals surface area contributed by atoms with Crippen LogP contribution in [0.25, 0.3) is 0 Å². The first-order chi connectivity index (χ1) is 15.4. The molecular formula is C22H22N4O4S2. The van der Waals surface area contributed by atoms with Gasteiger partial charge in [0.05, 0.1) is 9.82 Å². The number of aryl methyl sites for hydroxylation is 1. The lowest BCUT2D eigenvalue weighted by atomic mass is 10.1. The summed E-state index contributed by atoms with van der Waals surface area (Å²) in [7, 11) is 0. The summed E-state index contributed by atoms with van der Waals surface area (Å²) >= 11 is 2.62. The van der Waals surface area contributed by atoms with Crippen LogP contribution in [-0.4, -0.2) is 21.7 Å². The maximum absolute atomic E-state index is 12.6. The molecule has 0 aliphatic rings. The van der Waals surface area contributed by atoms with Crippen molar-refractivity contribution in [2.24, 2.45) is 0 Å². The summed E-state index contributed by atoms with van der Waals surface area (Å²) < 4.78 is 0.703. The largest absolute Gasteiger partial charge is 0.348 e. The summed E-state index contributed by atoms with van der Waals surface area (Å²) in [5, 5.41) is 19.0. The van der Waals surface area contributed by atoms with E-state index in [1.165, 1.54) is 29.2 Å². The van der Waals surface area contributed by atoms with Crippen LogP contribution in [0.15, 0.2) is 57.1 Å². The zero-order valence-corrected chi connectivity index (χ0v) is 19.2. The Morgan fingerprint density at radius 2 is 2.03 bits per heavy atom. The molecule has 0 saturated heterocycles. The minimum Gasteiger partial charge on any atom is -0.348 e. The summed E-state index contributed by atoms with van der Waals surface area (Å²) in [5.74, 6) is -0.484. The van der Waals surface area contributed by atoms with E-state index >= 15 is 0 Å². The van der Waals surface area contributed by atoms with E-state index < -0.39 is 10.8 Å². The van der Waals surface area contributed by atoms with Gasteiger partial charge in [0.2, 0.25) is 5.91 Å². The minimum atomic E-state index is -0.498. The Morgan fingerprint density at radius 3 is 2.72 bits per heavy atom.